The van der Waals surface area contributed by atoms with E-state index < -0.39 is 0 Å². The third-order valence-corrected chi connectivity index (χ3v) is 3.10. The van der Waals surface area contributed by atoms with Gasteiger partial charge in [0.15, 0.2) is 0 Å². The molecule has 108 valence electrons. The Balaban J connectivity index is 2.21. The number of nitrogens with two attached hydrogens (primary N) is 1. The number of imidazole rings is 1. The zero-order valence-electron chi connectivity index (χ0n) is 11.8. The second-order valence-electron chi connectivity index (χ2n) is 4.56. The van der Waals surface area contributed by atoms with Crippen LogP contribution in [0.15, 0.2) is 18.2 Å². The first-order valence-corrected chi connectivity index (χ1v) is 6.66. The number of hydrogen-bond acceptors (Lipinski definition) is 4. The van der Waals surface area contributed by atoms with Crippen LogP contribution < -0.4 is 11.1 Å². The maximum absolute atomic E-state index is 11.9. The number of hydrogen-bond donors (Lipinski definition) is 2. The zero-order chi connectivity index (χ0) is 14.5. The van der Waals surface area contributed by atoms with Crippen LogP contribution in [-0.4, -0.2) is 35.7 Å². The molecule has 0 atom stereocenters. The number of carbonyl (C=O) groups excluding carboxylic acids is 1. The van der Waals surface area contributed by atoms with Gasteiger partial charge in [0.1, 0.15) is 12.4 Å². The van der Waals surface area contributed by atoms with Crippen molar-refractivity contribution in [3.05, 3.63) is 24.0 Å². The average molecular weight is 276 g/mol. The van der Waals surface area contributed by atoms with Gasteiger partial charge in [-0.2, -0.15) is 0 Å². The molecular formula is C14H20N4O2. The molecule has 0 spiro atoms. The Morgan fingerprint density at radius 2 is 2.30 bits per heavy atom. The summed E-state index contributed by atoms with van der Waals surface area (Å²) in [6.07, 6.45) is 0.764. The van der Waals surface area contributed by atoms with Crippen LogP contribution in [0.5, 0.6) is 0 Å². The predicted octanol–water partition coefficient (Wildman–Crippen LogP) is 0.943. The first-order chi connectivity index (χ1) is 9.65. The fraction of sp³-hybridized carbons (Fsp3) is 0.429. The smallest absolute Gasteiger partial charge is 0.240 e. The Morgan fingerprint density at radius 1 is 1.50 bits per heavy atom. The minimum atomic E-state index is -0.0483. The van der Waals surface area contributed by atoms with Gasteiger partial charge in [0.05, 0.1) is 17.6 Å². The summed E-state index contributed by atoms with van der Waals surface area (Å²) in [4.78, 5) is 16.4. The number of carbonyl (C=O) groups is 1. The van der Waals surface area contributed by atoms with Crippen molar-refractivity contribution in [3.63, 3.8) is 0 Å². The second kappa shape index (κ2) is 6.38. The molecule has 0 saturated carbocycles. The summed E-state index contributed by atoms with van der Waals surface area (Å²) >= 11 is 0. The highest BCUT2D eigenvalue weighted by Gasteiger charge is 2.12. The molecule has 0 fully saturated rings. The van der Waals surface area contributed by atoms with Crippen LogP contribution in [0, 0.1) is 0 Å². The second-order valence-corrected chi connectivity index (χ2v) is 4.56. The van der Waals surface area contributed by atoms with Crippen molar-refractivity contribution in [2.45, 2.75) is 19.9 Å². The Labute approximate surface area is 117 Å². The summed E-state index contributed by atoms with van der Waals surface area (Å²) in [7, 11) is 1.61. The van der Waals surface area contributed by atoms with Crippen molar-refractivity contribution in [2.75, 3.05) is 26.0 Å². The number of anilines is 1. The molecule has 20 heavy (non-hydrogen) atoms. The standard InChI is InChI=1S/C14H20N4O2/c1-3-13-17-11-8-10(15)4-5-12(11)18(13)9-14(19)16-6-7-20-2/h4-5,8H,3,6-7,9,15H2,1-2H3,(H,16,19). The maximum atomic E-state index is 11.9. The number of nitrogens with zero attached hydrogens (tertiary/aromatic N) is 2. The lowest BCUT2D eigenvalue weighted by molar-refractivity contribution is -0.121. The van der Waals surface area contributed by atoms with Crippen LogP contribution in [0.25, 0.3) is 11.0 Å². The zero-order valence-corrected chi connectivity index (χ0v) is 11.8. The lowest BCUT2D eigenvalue weighted by atomic mass is 10.3. The molecule has 2 aromatic rings. The molecule has 0 aliphatic carbocycles. The van der Waals surface area contributed by atoms with Crippen LogP contribution in [0.4, 0.5) is 5.69 Å². The lowest BCUT2D eigenvalue weighted by Gasteiger charge is -2.09. The van der Waals surface area contributed by atoms with Crippen LogP contribution in [-0.2, 0) is 22.5 Å². The third kappa shape index (κ3) is 3.08. The third-order valence-electron chi connectivity index (χ3n) is 3.10. The van der Waals surface area contributed by atoms with Crippen LogP contribution in [0.3, 0.4) is 0 Å². The summed E-state index contributed by atoms with van der Waals surface area (Å²) in [5.41, 5.74) is 8.19. The van der Waals surface area contributed by atoms with E-state index in [-0.39, 0.29) is 12.5 Å². The number of amides is 1. The number of rotatable bonds is 6. The van der Waals surface area contributed by atoms with Gasteiger partial charge < -0.3 is 20.4 Å². The average Bonchev–Trinajstić information content (AvgIpc) is 2.76. The van der Waals surface area contributed by atoms with Crippen molar-refractivity contribution in [3.8, 4) is 0 Å². The summed E-state index contributed by atoms with van der Waals surface area (Å²) in [6, 6.07) is 5.55. The fourth-order valence-electron chi connectivity index (χ4n) is 2.14. The number of benzene rings is 1. The molecule has 6 nitrogen and oxygen atoms in total. The molecule has 1 aromatic carbocycles. The highest BCUT2D eigenvalue weighted by atomic mass is 16.5. The first-order valence-electron chi connectivity index (χ1n) is 6.66. The number of aromatic nitrogens is 2. The van der Waals surface area contributed by atoms with E-state index in [1.54, 1.807) is 7.11 Å². The number of nitrogen functional groups attached to an aromatic ring is 1. The van der Waals surface area contributed by atoms with Gasteiger partial charge in [-0.1, -0.05) is 6.92 Å². The maximum Gasteiger partial charge on any atom is 0.240 e. The summed E-state index contributed by atoms with van der Waals surface area (Å²) in [5.74, 6) is 0.834. The number of aryl methyl sites for hydroxylation is 1. The predicted molar refractivity (Wildman–Crippen MR) is 78.4 cm³/mol. The Kier molecular flexibility index (Phi) is 4.57. The molecule has 0 bridgehead atoms. The molecule has 0 aliphatic heterocycles. The van der Waals surface area contributed by atoms with Gasteiger partial charge in [0.2, 0.25) is 5.91 Å². The molecule has 0 radical (unpaired) electrons. The molecule has 0 unspecified atom stereocenters. The SMILES string of the molecule is CCc1nc2cc(N)ccc2n1CC(=O)NCCOC. The minimum absolute atomic E-state index is 0.0483. The fourth-order valence-corrected chi connectivity index (χ4v) is 2.14. The molecule has 1 amide bonds. The van der Waals surface area contributed by atoms with Crippen LogP contribution in [0.2, 0.25) is 0 Å². The van der Waals surface area contributed by atoms with Gasteiger partial charge >= 0.3 is 0 Å². The molecule has 0 saturated heterocycles. The highest BCUT2D eigenvalue weighted by Crippen LogP contribution is 2.19. The molecule has 3 N–H and O–H groups in total. The van der Waals surface area contributed by atoms with Crippen molar-refractivity contribution in [1.82, 2.24) is 14.9 Å². The number of nitrogens with one attached hydrogen (secondary N) is 1. The van der Waals surface area contributed by atoms with E-state index in [9.17, 15) is 4.79 Å². The Morgan fingerprint density at radius 3 is 3.00 bits per heavy atom. The number of fused-ring (bicyclic) bond motifs is 1. The van der Waals surface area contributed by atoms with E-state index in [1.165, 1.54) is 0 Å². The normalized spacial score (nSPS) is 10.9. The van der Waals surface area contributed by atoms with E-state index in [1.807, 2.05) is 29.7 Å². The number of methoxy groups -OCH3 is 1. The number of ether oxygens (including phenoxy) is 1. The summed E-state index contributed by atoms with van der Waals surface area (Å²) in [6.45, 7) is 3.29. The highest BCUT2D eigenvalue weighted by molar-refractivity contribution is 5.83. The van der Waals surface area contributed by atoms with Gasteiger partial charge in [-0.3, -0.25) is 4.79 Å². The molecule has 0 aliphatic rings. The van der Waals surface area contributed by atoms with E-state index in [0.29, 0.717) is 18.8 Å². The van der Waals surface area contributed by atoms with Gasteiger partial charge in [0, 0.05) is 25.8 Å². The van der Waals surface area contributed by atoms with Gasteiger partial charge in [-0.25, -0.2) is 4.98 Å². The lowest BCUT2D eigenvalue weighted by Crippen LogP contribution is -2.30. The van der Waals surface area contributed by atoms with Crippen molar-refractivity contribution >= 4 is 22.6 Å². The van der Waals surface area contributed by atoms with Crippen LogP contribution >= 0.6 is 0 Å². The van der Waals surface area contributed by atoms with Gasteiger partial charge in [-0.05, 0) is 18.2 Å². The van der Waals surface area contributed by atoms with Crippen molar-refractivity contribution in [1.29, 1.82) is 0 Å². The molecule has 6 heteroatoms. The largest absolute Gasteiger partial charge is 0.399 e. The van der Waals surface area contributed by atoms with Gasteiger partial charge in [0.25, 0.3) is 0 Å². The van der Waals surface area contributed by atoms with E-state index in [2.05, 4.69) is 10.3 Å². The van der Waals surface area contributed by atoms with Crippen molar-refractivity contribution in [2.24, 2.45) is 0 Å². The summed E-state index contributed by atoms with van der Waals surface area (Å²) < 4.78 is 6.84. The van der Waals surface area contributed by atoms with Crippen LogP contribution in [0.1, 0.15) is 12.7 Å². The Bertz CT molecular complexity index is 606. The molecule has 2 rings (SSSR count). The Hall–Kier alpha value is -2.08. The first kappa shape index (κ1) is 14.3. The monoisotopic (exact) mass is 276 g/mol. The van der Waals surface area contributed by atoms with E-state index in [0.717, 1.165) is 23.3 Å². The summed E-state index contributed by atoms with van der Waals surface area (Å²) in [5, 5.41) is 2.81. The minimum Gasteiger partial charge on any atom is -0.399 e. The van der Waals surface area contributed by atoms with E-state index >= 15 is 0 Å². The quantitative estimate of drug-likeness (QED) is 0.608. The van der Waals surface area contributed by atoms with E-state index in [4.69, 9.17) is 10.5 Å². The molecule has 1 aromatic heterocycles. The molecule has 1 heterocycles. The van der Waals surface area contributed by atoms with Crippen molar-refractivity contribution < 1.29 is 9.53 Å². The van der Waals surface area contributed by atoms with Gasteiger partial charge in [-0.15, -0.1) is 0 Å². The topological polar surface area (TPSA) is 82.2 Å². The molecular weight excluding hydrogens is 256 g/mol.